The van der Waals surface area contributed by atoms with Crippen molar-refractivity contribution in [2.24, 2.45) is 0 Å². The van der Waals surface area contributed by atoms with Crippen molar-refractivity contribution in [1.29, 1.82) is 0 Å². The fourth-order valence-electron chi connectivity index (χ4n) is 3.58. The minimum atomic E-state index is 0.362. The fraction of sp³-hybridized carbons (Fsp3) is 0.381. The van der Waals surface area contributed by atoms with Crippen LogP contribution < -0.4 is 19.7 Å². The summed E-state index contributed by atoms with van der Waals surface area (Å²) in [7, 11) is 3.32. The Labute approximate surface area is 169 Å². The third-order valence-corrected chi connectivity index (χ3v) is 5.06. The number of pyridine rings is 1. The van der Waals surface area contributed by atoms with Crippen molar-refractivity contribution in [3.05, 3.63) is 42.4 Å². The summed E-state index contributed by atoms with van der Waals surface area (Å²) in [5, 5.41) is 7.51. The number of nitrogens with zero attached hydrogens (tertiary/aromatic N) is 4. The standard InChI is InChI=1S/C21H25N5O3/c1-14-23-21(29-25-14)19-5-4-8-22-20(19)26-9-6-15(7-10-26)24-16-11-17(27-2)13-18(12-16)28-3/h4-5,8,11-13,15,24H,6-7,9-10H2,1-3H3. The van der Waals surface area contributed by atoms with Crippen LogP contribution in [0.2, 0.25) is 0 Å². The van der Waals surface area contributed by atoms with Crippen molar-refractivity contribution >= 4 is 11.5 Å². The van der Waals surface area contributed by atoms with E-state index in [1.807, 2.05) is 37.3 Å². The molecule has 0 amide bonds. The summed E-state index contributed by atoms with van der Waals surface area (Å²) < 4.78 is 16.1. The molecule has 1 saturated heterocycles. The number of ether oxygens (including phenoxy) is 2. The number of hydrogen-bond donors (Lipinski definition) is 1. The Bertz CT molecular complexity index is 944. The maximum Gasteiger partial charge on any atom is 0.261 e. The lowest BCUT2D eigenvalue weighted by Crippen LogP contribution is -2.39. The van der Waals surface area contributed by atoms with E-state index < -0.39 is 0 Å². The lowest BCUT2D eigenvalue weighted by atomic mass is 10.0. The van der Waals surface area contributed by atoms with Crippen LogP contribution in [0.15, 0.2) is 41.1 Å². The minimum Gasteiger partial charge on any atom is -0.497 e. The molecule has 1 aromatic carbocycles. The van der Waals surface area contributed by atoms with Crippen molar-refractivity contribution < 1.29 is 14.0 Å². The third kappa shape index (κ3) is 4.26. The molecule has 152 valence electrons. The molecule has 8 nitrogen and oxygen atoms in total. The summed E-state index contributed by atoms with van der Waals surface area (Å²) in [5.74, 6) is 3.56. The highest BCUT2D eigenvalue weighted by molar-refractivity contribution is 5.69. The van der Waals surface area contributed by atoms with Crippen molar-refractivity contribution in [2.75, 3.05) is 37.5 Å². The zero-order valence-electron chi connectivity index (χ0n) is 16.9. The first kappa shape index (κ1) is 19.0. The second-order valence-electron chi connectivity index (χ2n) is 7.03. The largest absolute Gasteiger partial charge is 0.497 e. The van der Waals surface area contributed by atoms with Gasteiger partial charge < -0.3 is 24.2 Å². The van der Waals surface area contributed by atoms with Crippen LogP contribution in [-0.2, 0) is 0 Å². The van der Waals surface area contributed by atoms with Gasteiger partial charge in [0.2, 0.25) is 0 Å². The summed E-state index contributed by atoms with van der Waals surface area (Å²) in [4.78, 5) is 11.2. The van der Waals surface area contributed by atoms with Gasteiger partial charge in [0.25, 0.3) is 5.89 Å². The van der Waals surface area contributed by atoms with E-state index in [-0.39, 0.29) is 0 Å². The van der Waals surface area contributed by atoms with E-state index in [0.29, 0.717) is 17.8 Å². The zero-order chi connectivity index (χ0) is 20.2. The van der Waals surface area contributed by atoms with E-state index in [4.69, 9.17) is 14.0 Å². The summed E-state index contributed by atoms with van der Waals surface area (Å²) in [5.41, 5.74) is 1.87. The molecular formula is C21H25N5O3. The average molecular weight is 395 g/mol. The van der Waals surface area contributed by atoms with Gasteiger partial charge in [-0.1, -0.05) is 5.16 Å². The molecule has 4 rings (SSSR count). The SMILES string of the molecule is COc1cc(NC2CCN(c3ncccc3-c3nc(C)no3)CC2)cc(OC)c1. The molecule has 29 heavy (non-hydrogen) atoms. The van der Waals surface area contributed by atoms with Crippen LogP contribution in [-0.4, -0.2) is 48.5 Å². The second-order valence-corrected chi connectivity index (χ2v) is 7.03. The van der Waals surface area contributed by atoms with E-state index in [2.05, 4.69) is 25.3 Å². The Hall–Kier alpha value is -3.29. The molecule has 1 aliphatic rings. The molecule has 3 heterocycles. The lowest BCUT2D eigenvalue weighted by molar-refractivity contribution is 0.394. The van der Waals surface area contributed by atoms with E-state index >= 15 is 0 Å². The maximum atomic E-state index is 5.36. The molecule has 0 aliphatic carbocycles. The number of aromatic nitrogens is 3. The molecule has 1 aliphatic heterocycles. The number of methoxy groups -OCH3 is 2. The molecule has 1 N–H and O–H groups in total. The topological polar surface area (TPSA) is 85.5 Å². The molecule has 2 aromatic heterocycles. The van der Waals surface area contributed by atoms with Crippen LogP contribution in [0.25, 0.3) is 11.5 Å². The highest BCUT2D eigenvalue weighted by Crippen LogP contribution is 2.31. The lowest BCUT2D eigenvalue weighted by Gasteiger charge is -2.34. The molecule has 0 radical (unpaired) electrons. The van der Waals surface area contributed by atoms with Gasteiger partial charge in [-0.15, -0.1) is 0 Å². The highest BCUT2D eigenvalue weighted by atomic mass is 16.5. The third-order valence-electron chi connectivity index (χ3n) is 5.06. The fourth-order valence-corrected chi connectivity index (χ4v) is 3.58. The summed E-state index contributed by atoms with van der Waals surface area (Å²) in [6.45, 7) is 3.58. The van der Waals surface area contributed by atoms with Gasteiger partial charge in [0.15, 0.2) is 5.82 Å². The van der Waals surface area contributed by atoms with Crippen LogP contribution in [0.5, 0.6) is 11.5 Å². The number of nitrogens with one attached hydrogen (secondary N) is 1. The molecule has 0 spiro atoms. The van der Waals surface area contributed by atoms with Crippen molar-refractivity contribution in [2.45, 2.75) is 25.8 Å². The van der Waals surface area contributed by atoms with Crippen LogP contribution in [0.4, 0.5) is 11.5 Å². The molecule has 0 unspecified atom stereocenters. The molecule has 1 fully saturated rings. The van der Waals surface area contributed by atoms with Crippen molar-refractivity contribution in [3.8, 4) is 23.0 Å². The highest BCUT2D eigenvalue weighted by Gasteiger charge is 2.24. The molecule has 3 aromatic rings. The first-order chi connectivity index (χ1) is 14.2. The van der Waals surface area contributed by atoms with Gasteiger partial charge in [-0.05, 0) is 31.9 Å². The summed E-state index contributed by atoms with van der Waals surface area (Å²) in [6.07, 6.45) is 3.77. The number of hydrogen-bond acceptors (Lipinski definition) is 8. The van der Waals surface area contributed by atoms with Crippen LogP contribution >= 0.6 is 0 Å². The quantitative estimate of drug-likeness (QED) is 0.678. The Balaban J connectivity index is 1.44. The molecule has 8 heteroatoms. The molecular weight excluding hydrogens is 370 g/mol. The van der Waals surface area contributed by atoms with Gasteiger partial charge in [0, 0.05) is 49.2 Å². The van der Waals surface area contributed by atoms with Crippen molar-refractivity contribution in [3.63, 3.8) is 0 Å². The first-order valence-corrected chi connectivity index (χ1v) is 9.66. The predicted octanol–water partition coefficient (Wildman–Crippen LogP) is 3.54. The Kier molecular flexibility index (Phi) is 5.50. The van der Waals surface area contributed by atoms with Gasteiger partial charge in [-0.3, -0.25) is 0 Å². The average Bonchev–Trinajstić information content (AvgIpc) is 3.20. The Morgan fingerprint density at radius 3 is 2.45 bits per heavy atom. The number of piperidine rings is 1. The first-order valence-electron chi connectivity index (χ1n) is 9.66. The van der Waals surface area contributed by atoms with Gasteiger partial charge >= 0.3 is 0 Å². The monoisotopic (exact) mass is 395 g/mol. The number of rotatable bonds is 6. The van der Waals surface area contributed by atoms with Gasteiger partial charge in [-0.2, -0.15) is 4.98 Å². The zero-order valence-corrected chi connectivity index (χ0v) is 16.9. The minimum absolute atomic E-state index is 0.362. The molecule has 0 atom stereocenters. The van der Waals surface area contributed by atoms with Gasteiger partial charge in [0.05, 0.1) is 19.8 Å². The smallest absolute Gasteiger partial charge is 0.261 e. The number of benzene rings is 1. The Morgan fingerprint density at radius 2 is 1.83 bits per heavy atom. The molecule has 0 bridgehead atoms. The summed E-state index contributed by atoms with van der Waals surface area (Å²) >= 11 is 0. The van der Waals surface area contributed by atoms with Crippen LogP contribution in [0.3, 0.4) is 0 Å². The summed E-state index contributed by atoms with van der Waals surface area (Å²) in [6, 6.07) is 10.1. The van der Waals surface area contributed by atoms with Gasteiger partial charge in [0.1, 0.15) is 17.3 Å². The maximum absolute atomic E-state index is 5.36. The number of aryl methyl sites for hydroxylation is 1. The van der Waals surface area contributed by atoms with E-state index in [9.17, 15) is 0 Å². The molecule has 0 saturated carbocycles. The van der Waals surface area contributed by atoms with Crippen LogP contribution in [0, 0.1) is 6.92 Å². The van der Waals surface area contributed by atoms with Gasteiger partial charge in [-0.25, -0.2) is 4.98 Å². The van der Waals surface area contributed by atoms with E-state index in [0.717, 1.165) is 54.5 Å². The second kappa shape index (κ2) is 8.38. The number of anilines is 2. The normalized spacial score (nSPS) is 14.7. The van der Waals surface area contributed by atoms with E-state index in [1.54, 1.807) is 20.4 Å². The van der Waals surface area contributed by atoms with E-state index in [1.165, 1.54) is 0 Å². The van der Waals surface area contributed by atoms with Crippen molar-refractivity contribution in [1.82, 2.24) is 15.1 Å². The predicted molar refractivity (Wildman–Crippen MR) is 111 cm³/mol. The van der Waals surface area contributed by atoms with Crippen LogP contribution in [0.1, 0.15) is 18.7 Å². The Morgan fingerprint density at radius 1 is 1.10 bits per heavy atom.